The van der Waals surface area contributed by atoms with E-state index < -0.39 is 0 Å². The van der Waals surface area contributed by atoms with Crippen LogP contribution in [0.15, 0.2) is 41.2 Å². The van der Waals surface area contributed by atoms with E-state index in [0.717, 1.165) is 24.4 Å². The molecule has 1 aliphatic rings. The molecule has 0 unspecified atom stereocenters. The molecule has 0 saturated carbocycles. The summed E-state index contributed by atoms with van der Waals surface area (Å²) in [5.74, 6) is 1.50. The van der Waals surface area contributed by atoms with Crippen LogP contribution in [0.5, 0.6) is 0 Å². The van der Waals surface area contributed by atoms with Gasteiger partial charge in [0.2, 0.25) is 5.82 Å². The zero-order valence-electron chi connectivity index (χ0n) is 14.3. The molecule has 3 heterocycles. The Kier molecular flexibility index (Phi) is 4.23. The average Bonchev–Trinajstić information content (AvgIpc) is 3.35. The largest absolute Gasteiger partial charge is 0.368 e. The summed E-state index contributed by atoms with van der Waals surface area (Å²) >= 11 is 0. The molecule has 7 heteroatoms. The Balaban J connectivity index is 1.51. The Labute approximate surface area is 146 Å². The number of imidazole rings is 1. The monoisotopic (exact) mass is 339 g/mol. The predicted molar refractivity (Wildman–Crippen MR) is 93.1 cm³/mol. The van der Waals surface area contributed by atoms with Gasteiger partial charge in [-0.1, -0.05) is 35.0 Å². The highest BCUT2D eigenvalue weighted by molar-refractivity contribution is 5.55. The van der Waals surface area contributed by atoms with E-state index in [9.17, 15) is 0 Å². The standard InChI is InChI=1S/C18H21N5O2/c1-3-23-10-9-19-17(23)15-14(8-11-24-15)20-18-21-16(22-25-18)13-6-4-12(2)5-7-13/h4-7,9-10,14-15H,3,8,11H2,1-2H3,(H,20,21,22)/t14-,15-/m0/s1. The van der Waals surface area contributed by atoms with E-state index in [2.05, 4.69) is 31.9 Å². The number of aryl methyl sites for hydroxylation is 2. The molecule has 7 nitrogen and oxygen atoms in total. The van der Waals surface area contributed by atoms with Crippen LogP contribution in [0.2, 0.25) is 0 Å². The number of ether oxygens (including phenoxy) is 1. The van der Waals surface area contributed by atoms with Crippen molar-refractivity contribution in [2.45, 2.75) is 39.0 Å². The van der Waals surface area contributed by atoms with Crippen LogP contribution in [0.4, 0.5) is 6.01 Å². The molecule has 1 aliphatic heterocycles. The van der Waals surface area contributed by atoms with Gasteiger partial charge in [-0.25, -0.2) is 4.98 Å². The fourth-order valence-electron chi connectivity index (χ4n) is 3.10. The summed E-state index contributed by atoms with van der Waals surface area (Å²) in [4.78, 5) is 8.91. The molecule has 0 amide bonds. The van der Waals surface area contributed by atoms with Gasteiger partial charge < -0.3 is 19.1 Å². The van der Waals surface area contributed by atoms with E-state index in [1.807, 2.05) is 37.4 Å². The molecule has 0 spiro atoms. The third-order valence-corrected chi connectivity index (χ3v) is 4.48. The second kappa shape index (κ2) is 6.68. The lowest BCUT2D eigenvalue weighted by Crippen LogP contribution is -2.25. The van der Waals surface area contributed by atoms with Crippen molar-refractivity contribution in [1.82, 2.24) is 19.7 Å². The summed E-state index contributed by atoms with van der Waals surface area (Å²) in [6.07, 6.45) is 4.52. The van der Waals surface area contributed by atoms with E-state index in [-0.39, 0.29) is 12.1 Å². The Morgan fingerprint density at radius 1 is 1.28 bits per heavy atom. The minimum absolute atomic E-state index is 0.0546. The number of benzene rings is 1. The summed E-state index contributed by atoms with van der Waals surface area (Å²) in [6, 6.07) is 8.51. The highest BCUT2D eigenvalue weighted by atomic mass is 16.5. The van der Waals surface area contributed by atoms with Crippen LogP contribution in [-0.4, -0.2) is 32.3 Å². The molecule has 1 saturated heterocycles. The highest BCUT2D eigenvalue weighted by Gasteiger charge is 2.33. The number of anilines is 1. The van der Waals surface area contributed by atoms with Gasteiger partial charge in [-0.2, -0.15) is 4.98 Å². The third-order valence-electron chi connectivity index (χ3n) is 4.48. The van der Waals surface area contributed by atoms with E-state index in [0.29, 0.717) is 18.4 Å². The molecule has 2 aromatic heterocycles. The summed E-state index contributed by atoms with van der Waals surface area (Å²) in [7, 11) is 0. The summed E-state index contributed by atoms with van der Waals surface area (Å²) in [5, 5.41) is 7.38. The molecule has 1 fully saturated rings. The van der Waals surface area contributed by atoms with Crippen LogP contribution in [0.1, 0.15) is 30.8 Å². The predicted octanol–water partition coefficient (Wildman–Crippen LogP) is 3.20. The Morgan fingerprint density at radius 3 is 2.92 bits per heavy atom. The first-order valence-corrected chi connectivity index (χ1v) is 8.54. The van der Waals surface area contributed by atoms with Gasteiger partial charge in [0.25, 0.3) is 0 Å². The van der Waals surface area contributed by atoms with Crippen molar-refractivity contribution in [1.29, 1.82) is 0 Å². The van der Waals surface area contributed by atoms with Crippen molar-refractivity contribution >= 4 is 6.01 Å². The number of nitrogens with one attached hydrogen (secondary N) is 1. The zero-order valence-corrected chi connectivity index (χ0v) is 14.3. The van der Waals surface area contributed by atoms with Gasteiger partial charge in [0.05, 0.1) is 6.04 Å². The van der Waals surface area contributed by atoms with Crippen molar-refractivity contribution in [2.75, 3.05) is 11.9 Å². The van der Waals surface area contributed by atoms with E-state index in [1.54, 1.807) is 6.20 Å². The normalized spacial score (nSPS) is 20.1. The second-order valence-corrected chi connectivity index (χ2v) is 6.19. The molecular formula is C18H21N5O2. The second-order valence-electron chi connectivity index (χ2n) is 6.19. The summed E-state index contributed by atoms with van der Waals surface area (Å²) in [5.41, 5.74) is 2.13. The fourth-order valence-corrected chi connectivity index (χ4v) is 3.10. The quantitative estimate of drug-likeness (QED) is 0.769. The van der Waals surface area contributed by atoms with E-state index in [4.69, 9.17) is 9.26 Å². The topological polar surface area (TPSA) is 78.0 Å². The Bertz CT molecular complexity index is 839. The van der Waals surface area contributed by atoms with Crippen LogP contribution < -0.4 is 5.32 Å². The fraction of sp³-hybridized carbons (Fsp3) is 0.389. The minimum atomic E-state index is -0.121. The molecule has 3 aromatic rings. The van der Waals surface area contributed by atoms with E-state index in [1.165, 1.54) is 5.56 Å². The molecule has 4 rings (SSSR count). The number of hydrogen-bond donors (Lipinski definition) is 1. The van der Waals surface area contributed by atoms with Crippen LogP contribution in [-0.2, 0) is 11.3 Å². The van der Waals surface area contributed by atoms with Gasteiger partial charge in [0.15, 0.2) is 0 Å². The maximum atomic E-state index is 5.89. The summed E-state index contributed by atoms with van der Waals surface area (Å²) < 4.78 is 13.4. The van der Waals surface area contributed by atoms with Gasteiger partial charge in [0.1, 0.15) is 11.9 Å². The molecule has 0 radical (unpaired) electrons. The lowest BCUT2D eigenvalue weighted by molar-refractivity contribution is 0.0972. The van der Waals surface area contributed by atoms with Crippen LogP contribution >= 0.6 is 0 Å². The van der Waals surface area contributed by atoms with Gasteiger partial charge in [-0.05, 0) is 20.3 Å². The molecule has 25 heavy (non-hydrogen) atoms. The summed E-state index contributed by atoms with van der Waals surface area (Å²) in [6.45, 7) is 5.68. The van der Waals surface area contributed by atoms with E-state index >= 15 is 0 Å². The zero-order chi connectivity index (χ0) is 17.2. The van der Waals surface area contributed by atoms with Crippen molar-refractivity contribution in [3.05, 3.63) is 48.0 Å². The molecule has 130 valence electrons. The average molecular weight is 339 g/mol. The number of rotatable bonds is 5. The molecule has 2 atom stereocenters. The van der Waals surface area contributed by atoms with Gasteiger partial charge in [-0.15, -0.1) is 0 Å². The first-order chi connectivity index (χ1) is 12.2. The maximum Gasteiger partial charge on any atom is 0.322 e. The molecule has 0 aliphatic carbocycles. The van der Waals surface area contributed by atoms with Crippen LogP contribution in [0, 0.1) is 6.92 Å². The van der Waals surface area contributed by atoms with Gasteiger partial charge in [-0.3, -0.25) is 0 Å². The highest BCUT2D eigenvalue weighted by Crippen LogP contribution is 2.30. The third kappa shape index (κ3) is 3.15. The Hall–Kier alpha value is -2.67. The lowest BCUT2D eigenvalue weighted by atomic mass is 10.1. The molecule has 1 N–H and O–H groups in total. The molecular weight excluding hydrogens is 318 g/mol. The first kappa shape index (κ1) is 15.8. The SMILES string of the molecule is CCn1ccnc1[C@H]1OCC[C@@H]1Nc1nc(-c2ccc(C)cc2)no1. The first-order valence-electron chi connectivity index (χ1n) is 8.54. The maximum absolute atomic E-state index is 5.89. The molecule has 0 bridgehead atoms. The molecule has 1 aromatic carbocycles. The van der Waals surface area contributed by atoms with Crippen molar-refractivity contribution in [3.63, 3.8) is 0 Å². The minimum Gasteiger partial charge on any atom is -0.368 e. The van der Waals surface area contributed by atoms with Crippen LogP contribution in [0.25, 0.3) is 11.4 Å². The van der Waals surface area contributed by atoms with Gasteiger partial charge in [0, 0.05) is 31.1 Å². The van der Waals surface area contributed by atoms with Crippen molar-refractivity contribution < 1.29 is 9.26 Å². The number of aromatic nitrogens is 4. The van der Waals surface area contributed by atoms with Crippen molar-refractivity contribution in [2.24, 2.45) is 0 Å². The Morgan fingerprint density at radius 2 is 2.12 bits per heavy atom. The van der Waals surface area contributed by atoms with Crippen LogP contribution in [0.3, 0.4) is 0 Å². The smallest absolute Gasteiger partial charge is 0.322 e. The number of nitrogens with zero attached hydrogens (tertiary/aromatic N) is 4. The van der Waals surface area contributed by atoms with Crippen molar-refractivity contribution in [3.8, 4) is 11.4 Å². The lowest BCUT2D eigenvalue weighted by Gasteiger charge is -2.19. The van der Waals surface area contributed by atoms with Gasteiger partial charge >= 0.3 is 6.01 Å². The number of hydrogen-bond acceptors (Lipinski definition) is 6.